The van der Waals surface area contributed by atoms with E-state index in [1.165, 1.54) is 5.56 Å². The van der Waals surface area contributed by atoms with Gasteiger partial charge in [-0.3, -0.25) is 0 Å². The summed E-state index contributed by atoms with van der Waals surface area (Å²) in [7, 11) is 0. The predicted octanol–water partition coefficient (Wildman–Crippen LogP) is 2.95. The van der Waals surface area contributed by atoms with Crippen LogP contribution in [0.4, 0.5) is 0 Å². The Labute approximate surface area is 92.8 Å². The van der Waals surface area contributed by atoms with Gasteiger partial charge in [-0.15, -0.1) is 12.6 Å². The van der Waals surface area contributed by atoms with E-state index in [1.54, 1.807) is 0 Å². The summed E-state index contributed by atoms with van der Waals surface area (Å²) in [5.74, 6) is 0. The van der Waals surface area contributed by atoms with Gasteiger partial charge in [-0.25, -0.2) is 0 Å². The van der Waals surface area contributed by atoms with Crippen molar-refractivity contribution in [2.75, 3.05) is 0 Å². The van der Waals surface area contributed by atoms with Crippen molar-refractivity contribution < 1.29 is 0 Å². The molecule has 1 aromatic carbocycles. The summed E-state index contributed by atoms with van der Waals surface area (Å²) in [6, 6.07) is 10.2. The third kappa shape index (κ3) is 2.08. The average molecular weight is 222 g/mol. The van der Waals surface area contributed by atoms with Crippen molar-refractivity contribution in [1.82, 2.24) is 9.97 Å². The molecular formula is C10H10N2S2. The van der Waals surface area contributed by atoms with Crippen molar-refractivity contribution in [3.05, 3.63) is 46.4 Å². The molecule has 2 rings (SSSR count). The topological polar surface area (TPSA) is 31.6 Å². The van der Waals surface area contributed by atoms with Crippen LogP contribution in [0.2, 0.25) is 0 Å². The number of thiol groups is 1. The lowest BCUT2D eigenvalue weighted by molar-refractivity contribution is 1.05. The second kappa shape index (κ2) is 4.02. The number of hydrogen-bond acceptors (Lipinski definition) is 2. The van der Waals surface area contributed by atoms with Crippen LogP contribution in [0.3, 0.4) is 0 Å². The zero-order chi connectivity index (χ0) is 9.97. The van der Waals surface area contributed by atoms with Crippen LogP contribution in [0.1, 0.15) is 11.3 Å². The van der Waals surface area contributed by atoms with E-state index < -0.39 is 0 Å². The summed E-state index contributed by atoms with van der Waals surface area (Å²) >= 11 is 9.27. The highest BCUT2D eigenvalue weighted by molar-refractivity contribution is 7.80. The van der Waals surface area contributed by atoms with Gasteiger partial charge in [-0.05, 0) is 17.8 Å². The summed E-state index contributed by atoms with van der Waals surface area (Å²) in [6.07, 6.45) is 0.826. The molecule has 1 aromatic heterocycles. The molecule has 0 spiro atoms. The molecule has 0 aliphatic carbocycles. The van der Waals surface area contributed by atoms with E-state index in [0.29, 0.717) is 4.77 Å². The molecule has 4 heteroatoms. The quantitative estimate of drug-likeness (QED) is 0.529. The Morgan fingerprint density at radius 1 is 1.14 bits per heavy atom. The van der Waals surface area contributed by atoms with Crippen molar-refractivity contribution in [1.29, 1.82) is 0 Å². The minimum absolute atomic E-state index is 0.626. The molecule has 72 valence electrons. The fourth-order valence-corrected chi connectivity index (χ4v) is 1.89. The van der Waals surface area contributed by atoms with Gasteiger partial charge in [-0.1, -0.05) is 30.3 Å². The summed E-state index contributed by atoms with van der Waals surface area (Å²) in [4.78, 5) is 6.03. The molecule has 0 bridgehead atoms. The van der Waals surface area contributed by atoms with Crippen molar-refractivity contribution in [3.8, 4) is 0 Å². The highest BCUT2D eigenvalue weighted by Crippen LogP contribution is 2.13. The zero-order valence-electron chi connectivity index (χ0n) is 7.45. The number of hydrogen-bond donors (Lipinski definition) is 3. The van der Waals surface area contributed by atoms with Crippen LogP contribution < -0.4 is 0 Å². The van der Waals surface area contributed by atoms with Crippen molar-refractivity contribution in [2.45, 2.75) is 11.4 Å². The standard InChI is InChI=1S/C10H10N2S2/c13-9-8(11-10(14)12-9)6-7-4-2-1-3-5-7/h1-5,13H,6H2,(H2,11,12,14). The zero-order valence-corrected chi connectivity index (χ0v) is 9.16. The van der Waals surface area contributed by atoms with Gasteiger partial charge in [0.15, 0.2) is 4.77 Å². The summed E-state index contributed by atoms with van der Waals surface area (Å²) in [6.45, 7) is 0. The van der Waals surface area contributed by atoms with Crippen LogP contribution >= 0.6 is 24.8 Å². The maximum Gasteiger partial charge on any atom is 0.175 e. The van der Waals surface area contributed by atoms with Crippen LogP contribution in [0.25, 0.3) is 0 Å². The van der Waals surface area contributed by atoms with E-state index in [0.717, 1.165) is 17.1 Å². The molecule has 0 saturated heterocycles. The van der Waals surface area contributed by atoms with Crippen molar-refractivity contribution >= 4 is 24.8 Å². The van der Waals surface area contributed by atoms with Gasteiger partial charge in [0.25, 0.3) is 0 Å². The molecule has 0 unspecified atom stereocenters. The molecular weight excluding hydrogens is 212 g/mol. The second-order valence-electron chi connectivity index (χ2n) is 3.07. The first-order valence-corrected chi connectivity index (χ1v) is 5.15. The minimum Gasteiger partial charge on any atom is -0.333 e. The van der Waals surface area contributed by atoms with E-state index in [9.17, 15) is 0 Å². The molecule has 2 N–H and O–H groups in total. The van der Waals surface area contributed by atoms with Gasteiger partial charge in [0.05, 0.1) is 10.7 Å². The first-order chi connectivity index (χ1) is 6.75. The van der Waals surface area contributed by atoms with Gasteiger partial charge in [0, 0.05) is 6.42 Å². The Balaban J connectivity index is 2.27. The van der Waals surface area contributed by atoms with E-state index in [1.807, 2.05) is 18.2 Å². The summed E-state index contributed by atoms with van der Waals surface area (Å²) < 4.78 is 0.626. The molecule has 2 aromatic rings. The summed E-state index contributed by atoms with van der Waals surface area (Å²) in [5.41, 5.74) is 2.28. The van der Waals surface area contributed by atoms with Crippen molar-refractivity contribution in [2.24, 2.45) is 0 Å². The number of benzene rings is 1. The lowest BCUT2D eigenvalue weighted by atomic mass is 10.1. The Bertz CT molecular complexity index is 470. The van der Waals surface area contributed by atoms with Crippen LogP contribution in [0.5, 0.6) is 0 Å². The highest BCUT2D eigenvalue weighted by Gasteiger charge is 2.02. The Kier molecular flexibility index (Phi) is 2.74. The van der Waals surface area contributed by atoms with Gasteiger partial charge >= 0.3 is 0 Å². The Hall–Kier alpha value is -1.00. The number of nitrogens with one attached hydrogen (secondary N) is 2. The predicted molar refractivity (Wildman–Crippen MR) is 62.5 cm³/mol. The van der Waals surface area contributed by atoms with E-state index in [2.05, 4.69) is 34.7 Å². The molecule has 0 saturated carbocycles. The number of aromatic amines is 2. The smallest absolute Gasteiger partial charge is 0.175 e. The Morgan fingerprint density at radius 3 is 2.43 bits per heavy atom. The molecule has 0 radical (unpaired) electrons. The van der Waals surface area contributed by atoms with E-state index in [4.69, 9.17) is 12.2 Å². The van der Waals surface area contributed by atoms with Gasteiger partial charge < -0.3 is 9.97 Å². The van der Waals surface area contributed by atoms with Crippen molar-refractivity contribution in [3.63, 3.8) is 0 Å². The largest absolute Gasteiger partial charge is 0.333 e. The van der Waals surface area contributed by atoms with Crippen LogP contribution in [0.15, 0.2) is 35.4 Å². The third-order valence-electron chi connectivity index (χ3n) is 2.01. The fraction of sp³-hybridized carbons (Fsp3) is 0.100. The van der Waals surface area contributed by atoms with Gasteiger partial charge in [-0.2, -0.15) is 0 Å². The third-order valence-corrected chi connectivity index (χ3v) is 2.59. The second-order valence-corrected chi connectivity index (χ2v) is 3.92. The first-order valence-electron chi connectivity index (χ1n) is 4.30. The number of aromatic nitrogens is 2. The molecule has 0 fully saturated rings. The molecule has 1 heterocycles. The molecule has 2 nitrogen and oxygen atoms in total. The lowest BCUT2D eigenvalue weighted by Crippen LogP contribution is -1.88. The fourth-order valence-electron chi connectivity index (χ4n) is 1.34. The number of H-pyrrole nitrogens is 2. The van der Waals surface area contributed by atoms with Crippen LogP contribution in [0, 0.1) is 4.77 Å². The Morgan fingerprint density at radius 2 is 1.86 bits per heavy atom. The SMILES string of the molecule is S=c1[nH]c(S)c(Cc2ccccc2)[nH]1. The molecule has 14 heavy (non-hydrogen) atoms. The molecule has 0 aliphatic rings. The molecule has 0 amide bonds. The van der Waals surface area contributed by atoms with Crippen LogP contribution in [-0.2, 0) is 6.42 Å². The minimum atomic E-state index is 0.626. The summed E-state index contributed by atoms with van der Waals surface area (Å²) in [5, 5.41) is 0.818. The van der Waals surface area contributed by atoms with Gasteiger partial charge in [0.2, 0.25) is 0 Å². The monoisotopic (exact) mass is 222 g/mol. The van der Waals surface area contributed by atoms with Crippen LogP contribution in [-0.4, -0.2) is 9.97 Å². The maximum absolute atomic E-state index is 4.98. The lowest BCUT2D eigenvalue weighted by Gasteiger charge is -1.98. The normalized spacial score (nSPS) is 10.4. The van der Waals surface area contributed by atoms with E-state index in [-0.39, 0.29) is 0 Å². The number of rotatable bonds is 2. The maximum atomic E-state index is 4.98. The molecule has 0 aliphatic heterocycles. The average Bonchev–Trinajstić information content (AvgIpc) is 2.47. The van der Waals surface area contributed by atoms with E-state index >= 15 is 0 Å². The molecule has 0 atom stereocenters. The van der Waals surface area contributed by atoms with Gasteiger partial charge in [0.1, 0.15) is 0 Å². The number of imidazole rings is 1. The first kappa shape index (κ1) is 9.55. The highest BCUT2D eigenvalue weighted by atomic mass is 32.1.